The largest absolute Gasteiger partial charge is 0.493 e. The van der Waals surface area contributed by atoms with E-state index >= 15 is 0 Å². The molecule has 7 heteroatoms. The Balaban J connectivity index is 1.55. The van der Waals surface area contributed by atoms with Gasteiger partial charge in [0.2, 0.25) is 0 Å². The molecule has 2 heterocycles. The molecule has 0 aromatic heterocycles. The lowest BCUT2D eigenvalue weighted by atomic mass is 9.68. The number of rotatable bonds is 6. The molecule has 2 aliphatic heterocycles. The monoisotopic (exact) mass is 516 g/mol. The van der Waals surface area contributed by atoms with Crippen molar-refractivity contribution >= 4 is 11.7 Å². The zero-order valence-corrected chi connectivity index (χ0v) is 22.6. The van der Waals surface area contributed by atoms with Crippen LogP contribution in [0.2, 0.25) is 0 Å². The number of morpholine rings is 1. The molecule has 1 atom stereocenters. The number of benzene rings is 2. The van der Waals surface area contributed by atoms with E-state index in [-0.39, 0.29) is 17.1 Å². The highest BCUT2D eigenvalue weighted by Gasteiger charge is 2.43. The molecule has 2 aromatic rings. The first kappa shape index (κ1) is 26.0. The Morgan fingerprint density at radius 2 is 1.82 bits per heavy atom. The molecule has 38 heavy (non-hydrogen) atoms. The van der Waals surface area contributed by atoms with Crippen LogP contribution < -0.4 is 14.8 Å². The van der Waals surface area contributed by atoms with Gasteiger partial charge in [-0.15, -0.1) is 0 Å². The van der Waals surface area contributed by atoms with E-state index in [0.717, 1.165) is 28.9 Å². The number of nitrogens with one attached hydrogen (secondary N) is 1. The van der Waals surface area contributed by atoms with Crippen molar-refractivity contribution in [1.29, 1.82) is 0 Å². The van der Waals surface area contributed by atoms with Gasteiger partial charge < -0.3 is 24.4 Å². The van der Waals surface area contributed by atoms with E-state index in [2.05, 4.69) is 19.2 Å². The number of amides is 1. The molecule has 7 nitrogen and oxygen atoms in total. The van der Waals surface area contributed by atoms with Crippen LogP contribution in [0.25, 0.3) is 0 Å². The van der Waals surface area contributed by atoms with Gasteiger partial charge >= 0.3 is 0 Å². The maximum Gasteiger partial charge on any atom is 0.252 e. The second-order valence-corrected chi connectivity index (χ2v) is 11.0. The van der Waals surface area contributed by atoms with Gasteiger partial charge in [0.15, 0.2) is 17.3 Å². The molecule has 0 unspecified atom stereocenters. The number of methoxy groups -OCH3 is 1. The molecule has 0 spiro atoms. The summed E-state index contributed by atoms with van der Waals surface area (Å²) < 4.78 is 17.3. The third-order valence-electron chi connectivity index (χ3n) is 7.53. The van der Waals surface area contributed by atoms with Crippen LogP contribution in [-0.2, 0) is 20.9 Å². The highest BCUT2D eigenvalue weighted by atomic mass is 16.5. The number of dihydropyridines is 1. The second kappa shape index (κ2) is 10.7. The van der Waals surface area contributed by atoms with Crippen molar-refractivity contribution in [3.05, 3.63) is 82.2 Å². The van der Waals surface area contributed by atoms with Gasteiger partial charge in [0.25, 0.3) is 5.91 Å². The number of ketones is 1. The van der Waals surface area contributed by atoms with Crippen LogP contribution in [-0.4, -0.2) is 50.0 Å². The zero-order valence-electron chi connectivity index (χ0n) is 22.6. The van der Waals surface area contributed by atoms with E-state index in [1.54, 1.807) is 7.11 Å². The molecule has 0 radical (unpaired) electrons. The minimum atomic E-state index is -0.484. The molecule has 1 aliphatic carbocycles. The predicted molar refractivity (Wildman–Crippen MR) is 145 cm³/mol. The quantitative estimate of drug-likeness (QED) is 0.598. The zero-order chi connectivity index (χ0) is 26.9. The van der Waals surface area contributed by atoms with Crippen molar-refractivity contribution < 1.29 is 23.8 Å². The van der Waals surface area contributed by atoms with Gasteiger partial charge in [0, 0.05) is 48.0 Å². The summed E-state index contributed by atoms with van der Waals surface area (Å²) in [6.45, 7) is 8.66. The van der Waals surface area contributed by atoms with Crippen molar-refractivity contribution in [3.8, 4) is 11.5 Å². The smallest absolute Gasteiger partial charge is 0.252 e. The molecule has 1 fully saturated rings. The van der Waals surface area contributed by atoms with Gasteiger partial charge in [0.05, 0.1) is 20.3 Å². The first-order chi connectivity index (χ1) is 18.3. The van der Waals surface area contributed by atoms with Crippen molar-refractivity contribution in [3.63, 3.8) is 0 Å². The van der Waals surface area contributed by atoms with Crippen molar-refractivity contribution in [1.82, 2.24) is 10.2 Å². The molecular formula is C31H36N2O5. The SMILES string of the molecule is COc1cc([C@@H]2C(C(=O)N3CCOCC3)=C(C)NC3=C2C(=O)CC(C)(C)C3)ccc1OCc1ccccc1. The number of carbonyl (C=O) groups excluding carboxylic acids is 2. The third-order valence-corrected chi connectivity index (χ3v) is 7.53. The number of hydrogen-bond donors (Lipinski definition) is 1. The van der Waals surface area contributed by atoms with Gasteiger partial charge in [-0.25, -0.2) is 0 Å². The number of nitrogens with zero attached hydrogens (tertiary/aromatic N) is 1. The molecule has 1 N–H and O–H groups in total. The van der Waals surface area contributed by atoms with E-state index in [1.165, 1.54) is 0 Å². The van der Waals surface area contributed by atoms with E-state index in [1.807, 2.05) is 60.4 Å². The number of Topliss-reactive ketones (excluding diaryl/α,β-unsaturated/α-hetero) is 1. The fourth-order valence-electron chi connectivity index (χ4n) is 5.71. The van der Waals surface area contributed by atoms with Gasteiger partial charge in [-0.1, -0.05) is 50.2 Å². The average molecular weight is 517 g/mol. The number of carbonyl (C=O) groups is 2. The second-order valence-electron chi connectivity index (χ2n) is 11.0. The van der Waals surface area contributed by atoms with Crippen LogP contribution in [0.3, 0.4) is 0 Å². The summed E-state index contributed by atoms with van der Waals surface area (Å²) in [5.41, 5.74) is 4.75. The summed E-state index contributed by atoms with van der Waals surface area (Å²) in [6, 6.07) is 15.7. The van der Waals surface area contributed by atoms with Crippen LogP contribution >= 0.6 is 0 Å². The van der Waals surface area contributed by atoms with Gasteiger partial charge in [-0.2, -0.15) is 0 Å². The normalized spacial score (nSPS) is 21.1. The molecule has 1 amide bonds. The summed E-state index contributed by atoms with van der Waals surface area (Å²) in [6.07, 6.45) is 1.19. The predicted octanol–water partition coefficient (Wildman–Crippen LogP) is 4.74. The van der Waals surface area contributed by atoms with E-state index in [0.29, 0.717) is 62.0 Å². The first-order valence-corrected chi connectivity index (χ1v) is 13.2. The van der Waals surface area contributed by atoms with Gasteiger partial charge in [-0.3, -0.25) is 9.59 Å². The van der Waals surface area contributed by atoms with Crippen molar-refractivity contribution in [2.24, 2.45) is 5.41 Å². The minimum Gasteiger partial charge on any atom is -0.493 e. The fourth-order valence-corrected chi connectivity index (χ4v) is 5.71. The standard InChI is InChI=1S/C31H36N2O5/c1-20-27(30(35)33-12-14-37-15-13-33)28(29-23(32-20)17-31(2,3)18-24(29)34)22-10-11-25(26(16-22)36-4)38-19-21-8-6-5-7-9-21/h5-11,16,28,32H,12-15,17-19H2,1-4H3/t28-/m1/s1. The number of ether oxygens (including phenoxy) is 3. The Kier molecular flexibility index (Phi) is 7.30. The van der Waals surface area contributed by atoms with Crippen LogP contribution in [0.4, 0.5) is 0 Å². The van der Waals surface area contributed by atoms with Crippen LogP contribution in [0, 0.1) is 5.41 Å². The fraction of sp³-hybridized carbons (Fsp3) is 0.419. The van der Waals surface area contributed by atoms with Crippen LogP contribution in [0.5, 0.6) is 11.5 Å². The van der Waals surface area contributed by atoms with E-state index in [4.69, 9.17) is 14.2 Å². The lowest BCUT2D eigenvalue weighted by molar-refractivity contribution is -0.131. The molecule has 0 bridgehead atoms. The Morgan fingerprint density at radius 1 is 1.08 bits per heavy atom. The van der Waals surface area contributed by atoms with E-state index < -0.39 is 5.92 Å². The highest BCUT2D eigenvalue weighted by molar-refractivity contribution is 6.05. The van der Waals surface area contributed by atoms with Crippen LogP contribution in [0.1, 0.15) is 50.7 Å². The summed E-state index contributed by atoms with van der Waals surface area (Å²) in [7, 11) is 1.61. The summed E-state index contributed by atoms with van der Waals surface area (Å²) >= 11 is 0. The first-order valence-electron chi connectivity index (χ1n) is 13.2. The Morgan fingerprint density at radius 3 is 2.53 bits per heavy atom. The lowest BCUT2D eigenvalue weighted by Gasteiger charge is -2.41. The lowest BCUT2D eigenvalue weighted by Crippen LogP contribution is -2.45. The minimum absolute atomic E-state index is 0.0594. The van der Waals surface area contributed by atoms with Gasteiger partial charge in [-0.05, 0) is 42.0 Å². The van der Waals surface area contributed by atoms with Crippen LogP contribution in [0.15, 0.2) is 71.1 Å². The number of allylic oxidation sites excluding steroid dienone is 3. The Bertz CT molecular complexity index is 1290. The molecule has 0 saturated carbocycles. The molecule has 1 saturated heterocycles. The Labute approximate surface area is 224 Å². The molecule has 2 aromatic carbocycles. The summed E-state index contributed by atoms with van der Waals surface area (Å²) in [5, 5.41) is 3.46. The topological polar surface area (TPSA) is 77.1 Å². The Hall–Kier alpha value is -3.58. The van der Waals surface area contributed by atoms with E-state index in [9.17, 15) is 9.59 Å². The maximum absolute atomic E-state index is 13.9. The molecule has 3 aliphatic rings. The maximum atomic E-state index is 13.9. The summed E-state index contributed by atoms with van der Waals surface area (Å²) in [5.74, 6) is 0.717. The highest BCUT2D eigenvalue weighted by Crippen LogP contribution is 2.48. The number of hydrogen-bond acceptors (Lipinski definition) is 6. The van der Waals surface area contributed by atoms with Gasteiger partial charge in [0.1, 0.15) is 6.61 Å². The molecular weight excluding hydrogens is 480 g/mol. The summed E-state index contributed by atoms with van der Waals surface area (Å²) in [4.78, 5) is 29.4. The average Bonchev–Trinajstić information content (AvgIpc) is 2.91. The van der Waals surface area contributed by atoms with Crippen molar-refractivity contribution in [2.45, 2.75) is 46.1 Å². The molecule has 5 rings (SSSR count). The molecule has 200 valence electrons. The third kappa shape index (κ3) is 5.20. The van der Waals surface area contributed by atoms with Crippen molar-refractivity contribution in [2.75, 3.05) is 33.4 Å².